The first-order valence-electron chi connectivity index (χ1n) is 16.4. The number of Topliss-reactive ketones (excluding diaryl/α,β-unsaturated/α-hetero) is 1. The van der Waals surface area contributed by atoms with Crippen LogP contribution in [0.2, 0.25) is 0 Å². The van der Waals surface area contributed by atoms with E-state index in [-0.39, 0.29) is 23.7 Å². The summed E-state index contributed by atoms with van der Waals surface area (Å²) in [6.45, 7) is 7.64. The third-order valence-electron chi connectivity index (χ3n) is 11.6. The molecule has 51 heavy (non-hydrogen) atoms. The number of halogens is 13. The first-order valence-corrected chi connectivity index (χ1v) is 16.4. The summed E-state index contributed by atoms with van der Waals surface area (Å²) in [6.07, 6.45) is -3.10. The Morgan fingerprint density at radius 3 is 1.96 bits per heavy atom. The molecule has 4 nitrogen and oxygen atoms in total. The molecule has 4 rings (SSSR count). The first-order chi connectivity index (χ1) is 23.0. The molecule has 17 heteroatoms. The van der Waals surface area contributed by atoms with Crippen molar-refractivity contribution in [3.05, 3.63) is 47.6 Å². The van der Waals surface area contributed by atoms with Gasteiger partial charge in [0.15, 0.2) is 0 Å². The summed E-state index contributed by atoms with van der Waals surface area (Å²) in [7, 11) is 0. The van der Waals surface area contributed by atoms with Crippen LogP contribution in [0, 0.1) is 28.6 Å². The SMILES string of the molecule is C=C1C(=CC=C2CCC[C@]3(C)[C@@H]([C@H](C)C=C[C@H](O)C4(C(=O)C(F)(F)C(F)(F)C(F)(F)C(F)(F)C(F)(F)C(F)(F)F)CC4)CC[C@@H]23)C[C@@H](O)C[C@@H]1O. The van der Waals surface area contributed by atoms with Gasteiger partial charge in [-0.15, -0.1) is 0 Å². The number of ketones is 1. The molecule has 0 saturated heterocycles. The van der Waals surface area contributed by atoms with Crippen molar-refractivity contribution >= 4 is 5.78 Å². The van der Waals surface area contributed by atoms with Crippen molar-refractivity contribution in [1.29, 1.82) is 0 Å². The van der Waals surface area contributed by atoms with Crippen molar-refractivity contribution in [3.8, 4) is 0 Å². The highest BCUT2D eigenvalue weighted by Crippen LogP contribution is 2.64. The summed E-state index contributed by atoms with van der Waals surface area (Å²) in [5.74, 6) is -42.5. The van der Waals surface area contributed by atoms with Gasteiger partial charge >= 0.3 is 35.8 Å². The lowest BCUT2D eigenvalue weighted by atomic mass is 9.61. The molecule has 0 aliphatic heterocycles. The quantitative estimate of drug-likeness (QED) is 0.146. The van der Waals surface area contributed by atoms with Crippen LogP contribution in [0.25, 0.3) is 0 Å². The molecule has 0 heterocycles. The maximum absolute atomic E-state index is 14.7. The summed E-state index contributed by atoms with van der Waals surface area (Å²) in [5, 5.41) is 30.9. The standard InChI is InChI=1S/C34H39F13O4/c1-17(22-9-10-23-19(5-4-12-27(22,23)3)7-8-20-15-21(48)16-24(49)18(20)2)6-11-25(50)28(13-14-28)26(51)29(35,36)30(37,38)31(39,40)32(41,42)33(43,44)34(45,46)47/h6-8,11,17,21-25,48-50H,2,4-5,9-10,12-16H2,1,3H3/t17-,21-,22-,23+,24+,25+,27-/m1/s1. The summed E-state index contributed by atoms with van der Waals surface area (Å²) >= 11 is 0. The van der Waals surface area contributed by atoms with Gasteiger partial charge in [-0.25, -0.2) is 0 Å². The second kappa shape index (κ2) is 13.2. The minimum Gasteiger partial charge on any atom is -0.393 e. The van der Waals surface area contributed by atoms with E-state index in [1.807, 2.05) is 19.1 Å². The molecule has 4 saturated carbocycles. The Balaban J connectivity index is 1.52. The molecular formula is C34H39F13O4. The number of rotatable bonds is 11. The fourth-order valence-electron chi connectivity index (χ4n) is 8.22. The van der Waals surface area contributed by atoms with Crippen LogP contribution >= 0.6 is 0 Å². The van der Waals surface area contributed by atoms with Gasteiger partial charge in [0.1, 0.15) is 0 Å². The molecule has 7 atom stereocenters. The highest BCUT2D eigenvalue weighted by molar-refractivity contribution is 5.95. The highest BCUT2D eigenvalue weighted by atomic mass is 19.4. The summed E-state index contributed by atoms with van der Waals surface area (Å²) in [4.78, 5) is 12.6. The molecule has 3 N–H and O–H groups in total. The number of hydrogen-bond acceptors (Lipinski definition) is 4. The Labute approximate surface area is 285 Å². The summed E-state index contributed by atoms with van der Waals surface area (Å²) in [5.41, 5.74) is -0.929. The zero-order valence-corrected chi connectivity index (χ0v) is 27.5. The Bertz CT molecular complexity index is 1460. The van der Waals surface area contributed by atoms with Crippen molar-refractivity contribution in [2.75, 3.05) is 0 Å². The van der Waals surface area contributed by atoms with E-state index in [0.717, 1.165) is 37.3 Å². The number of aliphatic hydroxyl groups is 3. The first kappa shape index (κ1) is 41.4. The van der Waals surface area contributed by atoms with E-state index < -0.39 is 84.1 Å². The van der Waals surface area contributed by atoms with Crippen LogP contribution in [-0.4, -0.2) is 75.2 Å². The van der Waals surface area contributed by atoms with Crippen LogP contribution in [-0.2, 0) is 4.79 Å². The van der Waals surface area contributed by atoms with E-state index >= 15 is 0 Å². The molecule has 4 aliphatic rings. The monoisotopic (exact) mass is 758 g/mol. The lowest BCUT2D eigenvalue weighted by Crippen LogP contribution is -2.71. The van der Waals surface area contributed by atoms with Gasteiger partial charge in [0.05, 0.1) is 23.7 Å². The normalized spacial score (nSPS) is 32.4. The molecule has 290 valence electrons. The topological polar surface area (TPSA) is 77.8 Å². The van der Waals surface area contributed by atoms with Gasteiger partial charge in [-0.05, 0) is 85.7 Å². The molecule has 0 unspecified atom stereocenters. The smallest absolute Gasteiger partial charge is 0.393 e. The van der Waals surface area contributed by atoms with Crippen LogP contribution in [0.1, 0.15) is 71.6 Å². The van der Waals surface area contributed by atoms with Crippen LogP contribution in [0.15, 0.2) is 47.6 Å². The van der Waals surface area contributed by atoms with E-state index in [1.54, 1.807) is 6.92 Å². The molecule has 0 amide bonds. The predicted molar refractivity (Wildman–Crippen MR) is 157 cm³/mol. The average Bonchev–Trinajstić information content (AvgIpc) is 3.75. The van der Waals surface area contributed by atoms with Gasteiger partial charge in [0.25, 0.3) is 0 Å². The number of fused-ring (bicyclic) bond motifs is 1. The third kappa shape index (κ3) is 6.48. The van der Waals surface area contributed by atoms with Crippen molar-refractivity contribution in [2.24, 2.45) is 28.6 Å². The fraction of sp³-hybridized carbons (Fsp3) is 0.735. The molecular weight excluding hydrogens is 719 g/mol. The molecule has 4 aliphatic carbocycles. The average molecular weight is 759 g/mol. The minimum absolute atomic E-state index is 0.0716. The van der Waals surface area contributed by atoms with Crippen LogP contribution in [0.4, 0.5) is 57.1 Å². The lowest BCUT2D eigenvalue weighted by molar-refractivity contribution is -0.436. The summed E-state index contributed by atoms with van der Waals surface area (Å²) < 4.78 is 178. The van der Waals surface area contributed by atoms with Gasteiger partial charge in [-0.1, -0.05) is 50.3 Å². The van der Waals surface area contributed by atoms with Gasteiger partial charge in [0.2, 0.25) is 5.78 Å². The summed E-state index contributed by atoms with van der Waals surface area (Å²) in [6, 6.07) is 0. The molecule has 0 radical (unpaired) electrons. The lowest BCUT2D eigenvalue weighted by Gasteiger charge is -2.44. The van der Waals surface area contributed by atoms with Crippen LogP contribution in [0.5, 0.6) is 0 Å². The van der Waals surface area contributed by atoms with Gasteiger partial charge in [-0.3, -0.25) is 4.79 Å². The maximum atomic E-state index is 14.7. The number of allylic oxidation sites excluding steroid dienone is 4. The Hall–Kier alpha value is -2.40. The van der Waals surface area contributed by atoms with Gasteiger partial charge < -0.3 is 15.3 Å². The van der Waals surface area contributed by atoms with E-state index in [1.165, 1.54) is 6.08 Å². The second-order valence-electron chi connectivity index (χ2n) is 14.7. The van der Waals surface area contributed by atoms with Gasteiger partial charge in [-0.2, -0.15) is 57.1 Å². The molecule has 0 aromatic carbocycles. The van der Waals surface area contributed by atoms with Gasteiger partial charge in [0, 0.05) is 6.42 Å². The highest BCUT2D eigenvalue weighted by Gasteiger charge is 2.92. The largest absolute Gasteiger partial charge is 0.460 e. The number of hydrogen-bond donors (Lipinski definition) is 3. The number of aliphatic hydroxyl groups excluding tert-OH is 3. The van der Waals surface area contributed by atoms with E-state index in [9.17, 15) is 77.2 Å². The molecule has 0 spiro atoms. The number of alkyl halides is 13. The molecule has 4 fully saturated rings. The predicted octanol–water partition coefficient (Wildman–Crippen LogP) is 8.77. The van der Waals surface area contributed by atoms with Crippen molar-refractivity contribution < 1.29 is 77.2 Å². The number of carbonyl (C=O) groups is 1. The minimum atomic E-state index is -8.12. The van der Waals surface area contributed by atoms with Crippen molar-refractivity contribution in [3.63, 3.8) is 0 Å². The molecule has 0 aromatic heterocycles. The Morgan fingerprint density at radius 1 is 0.843 bits per heavy atom. The number of carbonyl (C=O) groups excluding carboxylic acids is 1. The maximum Gasteiger partial charge on any atom is 0.460 e. The zero-order chi connectivity index (χ0) is 39.0. The van der Waals surface area contributed by atoms with E-state index in [2.05, 4.69) is 6.58 Å². The van der Waals surface area contributed by atoms with Crippen LogP contribution in [0.3, 0.4) is 0 Å². The Kier molecular flexibility index (Phi) is 10.7. The molecule has 0 bridgehead atoms. The molecule has 0 aromatic rings. The Morgan fingerprint density at radius 2 is 1.41 bits per heavy atom. The third-order valence-corrected chi connectivity index (χ3v) is 11.6. The van der Waals surface area contributed by atoms with E-state index in [0.29, 0.717) is 24.0 Å². The van der Waals surface area contributed by atoms with Crippen molar-refractivity contribution in [1.82, 2.24) is 0 Å². The zero-order valence-electron chi connectivity index (χ0n) is 27.5. The van der Waals surface area contributed by atoms with E-state index in [4.69, 9.17) is 0 Å². The fourth-order valence-corrected chi connectivity index (χ4v) is 8.22. The van der Waals surface area contributed by atoms with Crippen molar-refractivity contribution in [2.45, 2.75) is 126 Å². The van der Waals surface area contributed by atoms with Crippen LogP contribution < -0.4 is 0 Å². The second-order valence-corrected chi connectivity index (χ2v) is 14.7.